The van der Waals surface area contributed by atoms with Gasteiger partial charge in [0, 0.05) is 29.9 Å². The molecule has 0 radical (unpaired) electrons. The molecule has 3 rings (SSSR count). The third kappa shape index (κ3) is 2.75. The zero-order valence-corrected chi connectivity index (χ0v) is 11.4. The molecule has 2 aliphatic heterocycles. The van der Waals surface area contributed by atoms with Crippen molar-refractivity contribution in [1.29, 1.82) is 0 Å². The largest absolute Gasteiger partial charge is 0.346 e. The second-order valence-corrected chi connectivity index (χ2v) is 4.99. The van der Waals surface area contributed by atoms with E-state index in [1.165, 1.54) is 5.57 Å². The van der Waals surface area contributed by atoms with Crippen LogP contribution < -0.4 is 10.6 Å². The fourth-order valence-corrected chi connectivity index (χ4v) is 2.21. The minimum atomic E-state index is -0.317. The van der Waals surface area contributed by atoms with Gasteiger partial charge in [0.25, 0.3) is 5.91 Å². The van der Waals surface area contributed by atoms with Gasteiger partial charge in [-0.3, -0.25) is 4.79 Å². The average Bonchev–Trinajstić information content (AvgIpc) is 2.90. The Kier molecular flexibility index (Phi) is 3.82. The molecule has 2 heterocycles. The predicted molar refractivity (Wildman–Crippen MR) is 75.3 cm³/mol. The molecule has 5 nitrogen and oxygen atoms in total. The summed E-state index contributed by atoms with van der Waals surface area (Å²) in [6.07, 6.45) is -0.317. The number of benzene rings is 1. The van der Waals surface area contributed by atoms with Gasteiger partial charge < -0.3 is 20.1 Å². The number of hydrogen-bond donors (Lipinski definition) is 2. The van der Waals surface area contributed by atoms with Gasteiger partial charge >= 0.3 is 0 Å². The van der Waals surface area contributed by atoms with Gasteiger partial charge in [0.2, 0.25) is 0 Å². The van der Waals surface area contributed by atoms with Crippen molar-refractivity contribution in [1.82, 2.24) is 5.32 Å². The van der Waals surface area contributed by atoms with Gasteiger partial charge in [0.05, 0.1) is 13.2 Å². The molecule has 5 heteroatoms. The lowest BCUT2D eigenvalue weighted by Crippen LogP contribution is -2.36. The number of carbonyl (C=O) groups excluding carboxylic acids is 1. The summed E-state index contributed by atoms with van der Waals surface area (Å²) in [6.45, 7) is 4.70. The molecular weight excluding hydrogens is 256 g/mol. The highest BCUT2D eigenvalue weighted by molar-refractivity contribution is 6.04. The van der Waals surface area contributed by atoms with Gasteiger partial charge in [-0.1, -0.05) is 12.1 Å². The Labute approximate surface area is 118 Å². The maximum Gasteiger partial charge on any atom is 0.251 e. The predicted octanol–water partition coefficient (Wildman–Crippen LogP) is 1.59. The molecule has 1 aromatic rings. The number of carbonyl (C=O) groups is 1. The summed E-state index contributed by atoms with van der Waals surface area (Å²) in [6, 6.07) is 7.59. The summed E-state index contributed by atoms with van der Waals surface area (Å²) in [5, 5.41) is 6.06. The van der Waals surface area contributed by atoms with E-state index in [1.54, 1.807) is 0 Å². The minimum Gasteiger partial charge on any atom is -0.346 e. The Morgan fingerprint density at radius 2 is 2.05 bits per heavy atom. The molecule has 20 heavy (non-hydrogen) atoms. The van der Waals surface area contributed by atoms with Crippen LogP contribution in [0.3, 0.4) is 0 Å². The minimum absolute atomic E-state index is 0.0492. The van der Waals surface area contributed by atoms with Gasteiger partial charge in [-0.2, -0.15) is 0 Å². The van der Waals surface area contributed by atoms with E-state index in [1.807, 2.05) is 31.2 Å². The molecule has 1 amide bonds. The smallest absolute Gasteiger partial charge is 0.251 e. The van der Waals surface area contributed by atoms with E-state index in [2.05, 4.69) is 10.6 Å². The summed E-state index contributed by atoms with van der Waals surface area (Å²) < 4.78 is 10.9. The molecule has 2 aliphatic rings. The van der Waals surface area contributed by atoms with Crippen molar-refractivity contribution in [3.63, 3.8) is 0 Å². The van der Waals surface area contributed by atoms with Crippen LogP contribution in [-0.2, 0) is 14.3 Å². The van der Waals surface area contributed by atoms with Crippen LogP contribution in [0.1, 0.15) is 18.8 Å². The molecule has 106 valence electrons. The Bertz CT molecular complexity index is 542. The molecule has 0 spiro atoms. The Hall–Kier alpha value is -1.69. The molecule has 0 unspecified atom stereocenters. The van der Waals surface area contributed by atoms with E-state index in [0.717, 1.165) is 29.9 Å². The summed E-state index contributed by atoms with van der Waals surface area (Å²) >= 11 is 0. The van der Waals surface area contributed by atoms with Crippen LogP contribution in [-0.4, -0.2) is 32.2 Å². The highest BCUT2D eigenvalue weighted by Gasteiger charge is 2.19. The first-order chi connectivity index (χ1) is 9.74. The first kappa shape index (κ1) is 13.3. The quantitative estimate of drug-likeness (QED) is 0.822. The van der Waals surface area contributed by atoms with Gasteiger partial charge in [-0.15, -0.1) is 0 Å². The zero-order valence-electron chi connectivity index (χ0n) is 11.4. The van der Waals surface area contributed by atoms with Crippen molar-refractivity contribution in [2.24, 2.45) is 0 Å². The summed E-state index contributed by atoms with van der Waals surface area (Å²) in [4.78, 5) is 12.1. The molecule has 2 fully saturated rings. The van der Waals surface area contributed by atoms with Gasteiger partial charge in [0.15, 0.2) is 6.29 Å². The summed E-state index contributed by atoms with van der Waals surface area (Å²) in [7, 11) is 0. The molecule has 2 saturated heterocycles. The van der Waals surface area contributed by atoms with Crippen molar-refractivity contribution < 1.29 is 14.3 Å². The number of ether oxygens (including phenoxy) is 2. The molecule has 0 atom stereocenters. The normalized spacial score (nSPS) is 18.8. The molecule has 2 N–H and O–H groups in total. The lowest BCUT2D eigenvalue weighted by Gasteiger charge is -2.21. The highest BCUT2D eigenvalue weighted by Crippen LogP contribution is 2.25. The Morgan fingerprint density at radius 3 is 2.70 bits per heavy atom. The topological polar surface area (TPSA) is 59.6 Å². The number of amides is 1. The van der Waals surface area contributed by atoms with Gasteiger partial charge in [-0.25, -0.2) is 0 Å². The van der Waals surface area contributed by atoms with Gasteiger partial charge in [-0.05, 0) is 24.6 Å². The maximum absolute atomic E-state index is 12.1. The number of anilines is 1. The fourth-order valence-electron chi connectivity index (χ4n) is 2.21. The summed E-state index contributed by atoms with van der Waals surface area (Å²) in [5.41, 5.74) is 3.65. The number of hydrogen-bond acceptors (Lipinski definition) is 4. The Balaban J connectivity index is 1.71. The van der Waals surface area contributed by atoms with Crippen LogP contribution in [0, 0.1) is 0 Å². The number of rotatable bonds is 3. The van der Waals surface area contributed by atoms with E-state index in [4.69, 9.17) is 9.47 Å². The Morgan fingerprint density at radius 1 is 1.30 bits per heavy atom. The molecular formula is C15H18N2O3. The first-order valence-corrected chi connectivity index (χ1v) is 6.78. The summed E-state index contributed by atoms with van der Waals surface area (Å²) in [5.74, 6) is -0.0492. The first-order valence-electron chi connectivity index (χ1n) is 6.78. The van der Waals surface area contributed by atoms with Crippen LogP contribution in [0.4, 0.5) is 5.69 Å². The average molecular weight is 274 g/mol. The van der Waals surface area contributed by atoms with Crippen molar-refractivity contribution in [2.75, 3.05) is 31.6 Å². The van der Waals surface area contributed by atoms with Crippen molar-refractivity contribution in [2.45, 2.75) is 13.2 Å². The number of nitrogens with one attached hydrogen (secondary N) is 2. The van der Waals surface area contributed by atoms with Crippen molar-refractivity contribution in [3.05, 3.63) is 41.0 Å². The van der Waals surface area contributed by atoms with Crippen molar-refractivity contribution >= 4 is 11.6 Å². The fraction of sp³-hybridized carbons (Fsp3) is 0.400. The molecule has 0 aromatic heterocycles. The maximum atomic E-state index is 12.1. The van der Waals surface area contributed by atoms with Crippen LogP contribution >= 0.6 is 0 Å². The van der Waals surface area contributed by atoms with Crippen LogP contribution in [0.5, 0.6) is 0 Å². The van der Waals surface area contributed by atoms with E-state index in [9.17, 15) is 4.79 Å². The molecule has 0 bridgehead atoms. The lowest BCUT2D eigenvalue weighted by molar-refractivity contribution is -0.112. The monoisotopic (exact) mass is 274 g/mol. The van der Waals surface area contributed by atoms with Gasteiger partial charge in [0.1, 0.15) is 0 Å². The molecule has 0 saturated carbocycles. The highest BCUT2D eigenvalue weighted by atomic mass is 16.7. The van der Waals surface area contributed by atoms with E-state index < -0.39 is 0 Å². The van der Waals surface area contributed by atoms with E-state index in [0.29, 0.717) is 13.2 Å². The second kappa shape index (κ2) is 5.75. The lowest BCUT2D eigenvalue weighted by atomic mass is 10.0. The molecule has 1 aromatic carbocycles. The molecule has 0 aliphatic carbocycles. The SMILES string of the molecule is CC(C(=O)Nc1cccc(C2OCCO2)c1)=C1CNC1. The van der Waals surface area contributed by atoms with E-state index >= 15 is 0 Å². The second-order valence-electron chi connectivity index (χ2n) is 4.99. The third-order valence-electron chi connectivity index (χ3n) is 3.59. The van der Waals surface area contributed by atoms with Crippen molar-refractivity contribution in [3.8, 4) is 0 Å². The van der Waals surface area contributed by atoms with Crippen LogP contribution in [0.15, 0.2) is 35.4 Å². The van der Waals surface area contributed by atoms with E-state index in [-0.39, 0.29) is 12.2 Å². The van der Waals surface area contributed by atoms with Crippen LogP contribution in [0.25, 0.3) is 0 Å². The van der Waals surface area contributed by atoms with Crippen LogP contribution in [0.2, 0.25) is 0 Å². The third-order valence-corrected chi connectivity index (χ3v) is 3.59. The standard InChI is InChI=1S/C15H18N2O3/c1-10(12-8-16-9-12)14(18)17-13-4-2-3-11(7-13)15-19-5-6-20-15/h2-4,7,15-16H,5-6,8-9H2,1H3,(H,17,18). The zero-order chi connectivity index (χ0) is 13.9.